The molecule has 1 heterocycles. The summed E-state index contributed by atoms with van der Waals surface area (Å²) in [5, 5.41) is 5.17. The van der Waals surface area contributed by atoms with Gasteiger partial charge in [0.05, 0.1) is 5.75 Å². The number of sulfonamides is 2. The molecule has 4 N–H and O–H groups in total. The number of carbonyl (C=O) groups excluding carboxylic acids is 1. The van der Waals surface area contributed by atoms with Crippen LogP contribution in [0.2, 0.25) is 0 Å². The smallest absolute Gasteiger partial charge is 0.243 e. The van der Waals surface area contributed by atoms with Gasteiger partial charge in [0.1, 0.15) is 10.6 Å². The molecule has 0 atom stereocenters. The van der Waals surface area contributed by atoms with Crippen molar-refractivity contribution >= 4 is 52.7 Å². The van der Waals surface area contributed by atoms with E-state index in [1.54, 1.807) is 18.2 Å². The third kappa shape index (κ3) is 4.18. The van der Waals surface area contributed by atoms with E-state index in [-0.39, 0.29) is 17.1 Å². The number of hydrogen-bond acceptors (Lipinski definition) is 5. The lowest BCUT2D eigenvalue weighted by Gasteiger charge is -2.07. The highest BCUT2D eigenvalue weighted by Crippen LogP contribution is 2.29. The fourth-order valence-corrected chi connectivity index (χ4v) is 4.37. The van der Waals surface area contributed by atoms with Crippen LogP contribution in [0, 0.1) is 0 Å². The van der Waals surface area contributed by atoms with Crippen LogP contribution in [0.3, 0.4) is 0 Å². The van der Waals surface area contributed by atoms with Crippen molar-refractivity contribution in [3.63, 3.8) is 0 Å². The number of benzene rings is 1. The summed E-state index contributed by atoms with van der Waals surface area (Å²) < 4.78 is 49.6. The van der Waals surface area contributed by atoms with E-state index >= 15 is 0 Å². The van der Waals surface area contributed by atoms with E-state index in [1.165, 1.54) is 6.92 Å². The summed E-state index contributed by atoms with van der Waals surface area (Å²) in [5.41, 5.74) is 0.409. The SMILES string of the molecule is CC(=O)c1[nH]c2ccc(Br)cc2c1S(=O)(=O)NCCS(N)(=O)=O. The fraction of sp³-hybridized carbons (Fsp3) is 0.250. The number of aromatic nitrogens is 1. The second kappa shape index (κ2) is 6.32. The number of aromatic amines is 1. The van der Waals surface area contributed by atoms with Crippen LogP contribution < -0.4 is 9.86 Å². The molecule has 0 aliphatic heterocycles. The first kappa shape index (κ1) is 18.1. The average molecular weight is 424 g/mol. The zero-order valence-electron chi connectivity index (χ0n) is 12.0. The lowest BCUT2D eigenvalue weighted by Crippen LogP contribution is -2.32. The van der Waals surface area contributed by atoms with Crippen LogP contribution in [0.4, 0.5) is 0 Å². The van der Waals surface area contributed by atoms with Gasteiger partial charge in [0, 0.05) is 28.8 Å². The number of H-pyrrole nitrogens is 1. The first-order chi connectivity index (χ1) is 10.5. The zero-order chi connectivity index (χ0) is 17.4. The maximum atomic E-state index is 12.5. The lowest BCUT2D eigenvalue weighted by molar-refractivity contribution is 0.101. The highest BCUT2D eigenvalue weighted by molar-refractivity contribution is 9.10. The number of halogens is 1. The van der Waals surface area contributed by atoms with Crippen molar-refractivity contribution < 1.29 is 21.6 Å². The first-order valence-electron chi connectivity index (χ1n) is 6.33. The molecule has 2 rings (SSSR count). The van der Waals surface area contributed by atoms with Crippen molar-refractivity contribution in [3.8, 4) is 0 Å². The average Bonchev–Trinajstić information content (AvgIpc) is 2.76. The van der Waals surface area contributed by atoms with Crippen molar-refractivity contribution in [1.82, 2.24) is 9.71 Å². The summed E-state index contributed by atoms with van der Waals surface area (Å²) in [5.74, 6) is -1.00. The van der Waals surface area contributed by atoms with Gasteiger partial charge in [0.25, 0.3) is 0 Å². The molecule has 0 bridgehead atoms. The Kier molecular flexibility index (Phi) is 4.97. The van der Waals surface area contributed by atoms with Gasteiger partial charge in [-0.3, -0.25) is 4.79 Å². The van der Waals surface area contributed by atoms with E-state index < -0.39 is 31.6 Å². The van der Waals surface area contributed by atoms with Crippen molar-refractivity contribution in [1.29, 1.82) is 0 Å². The highest BCUT2D eigenvalue weighted by atomic mass is 79.9. The van der Waals surface area contributed by atoms with Crippen molar-refractivity contribution in [2.45, 2.75) is 11.8 Å². The molecule has 11 heteroatoms. The standard InChI is InChI=1S/C12H14BrN3O5S2/c1-7(17)11-12(9-6-8(13)2-3-10(9)16-11)23(20,21)15-4-5-22(14,18)19/h2-3,6,15-16H,4-5H2,1H3,(H2,14,18,19). The largest absolute Gasteiger partial charge is 0.351 e. The summed E-state index contributed by atoms with van der Waals surface area (Å²) in [6.07, 6.45) is 0. The Bertz CT molecular complexity index is 980. The number of hydrogen-bond donors (Lipinski definition) is 3. The van der Waals surface area contributed by atoms with Crippen LogP contribution in [0.15, 0.2) is 27.6 Å². The minimum absolute atomic E-state index is 0.0683. The summed E-state index contributed by atoms with van der Waals surface area (Å²) in [4.78, 5) is 14.3. The Hall–Kier alpha value is -1.27. The summed E-state index contributed by atoms with van der Waals surface area (Å²) in [6, 6.07) is 4.90. The van der Waals surface area contributed by atoms with Crippen LogP contribution in [0.1, 0.15) is 17.4 Å². The molecule has 8 nitrogen and oxygen atoms in total. The fourth-order valence-electron chi connectivity index (χ4n) is 2.06. The van der Waals surface area contributed by atoms with Gasteiger partial charge in [-0.1, -0.05) is 15.9 Å². The molecule has 0 aliphatic carbocycles. The highest BCUT2D eigenvalue weighted by Gasteiger charge is 2.26. The van der Waals surface area contributed by atoms with E-state index in [0.29, 0.717) is 15.4 Å². The van der Waals surface area contributed by atoms with Gasteiger partial charge >= 0.3 is 0 Å². The number of nitrogens with two attached hydrogens (primary N) is 1. The number of nitrogens with one attached hydrogen (secondary N) is 2. The number of Topliss-reactive ketones (excluding diaryl/α,β-unsaturated/α-hetero) is 1. The molecule has 2 aromatic rings. The molecule has 126 valence electrons. The van der Waals surface area contributed by atoms with E-state index in [0.717, 1.165) is 0 Å². The molecule has 0 spiro atoms. The minimum Gasteiger partial charge on any atom is -0.351 e. The number of primary sulfonamides is 1. The van der Waals surface area contributed by atoms with Gasteiger partial charge in [-0.15, -0.1) is 0 Å². The number of rotatable bonds is 6. The van der Waals surface area contributed by atoms with E-state index in [2.05, 4.69) is 25.6 Å². The van der Waals surface area contributed by atoms with E-state index in [4.69, 9.17) is 5.14 Å². The second-order valence-corrected chi connectivity index (χ2v) is 9.19. The molecule has 0 unspecified atom stereocenters. The normalized spacial score (nSPS) is 12.7. The molecule has 0 amide bonds. The molecule has 23 heavy (non-hydrogen) atoms. The van der Waals surface area contributed by atoms with Crippen LogP contribution >= 0.6 is 15.9 Å². The molecule has 0 saturated heterocycles. The van der Waals surface area contributed by atoms with Gasteiger partial charge in [0.15, 0.2) is 5.78 Å². The van der Waals surface area contributed by atoms with Crippen molar-refractivity contribution in [2.24, 2.45) is 5.14 Å². The van der Waals surface area contributed by atoms with Gasteiger partial charge in [-0.05, 0) is 18.2 Å². The Morgan fingerprint density at radius 2 is 1.96 bits per heavy atom. The van der Waals surface area contributed by atoms with Crippen molar-refractivity contribution in [2.75, 3.05) is 12.3 Å². The topological polar surface area (TPSA) is 139 Å². The quantitative estimate of drug-likeness (QED) is 0.586. The monoisotopic (exact) mass is 423 g/mol. The summed E-state index contributed by atoms with van der Waals surface area (Å²) in [6.45, 7) is 0.850. The van der Waals surface area contributed by atoms with E-state index in [1.807, 2.05) is 0 Å². The molecule has 0 aliphatic rings. The first-order valence-corrected chi connectivity index (χ1v) is 10.3. The Morgan fingerprint density at radius 3 is 2.52 bits per heavy atom. The maximum absolute atomic E-state index is 12.5. The van der Waals surface area contributed by atoms with Crippen LogP contribution in [0.5, 0.6) is 0 Å². The van der Waals surface area contributed by atoms with Gasteiger partial charge in [-0.2, -0.15) is 0 Å². The predicted molar refractivity (Wildman–Crippen MR) is 89.2 cm³/mol. The lowest BCUT2D eigenvalue weighted by atomic mass is 10.2. The van der Waals surface area contributed by atoms with Gasteiger partial charge in [-0.25, -0.2) is 26.7 Å². The number of ketones is 1. The van der Waals surface area contributed by atoms with Crippen LogP contribution in [-0.4, -0.2) is 39.9 Å². The van der Waals surface area contributed by atoms with Crippen molar-refractivity contribution in [3.05, 3.63) is 28.4 Å². The molecule has 0 radical (unpaired) electrons. The minimum atomic E-state index is -4.10. The van der Waals surface area contributed by atoms with Gasteiger partial charge in [0.2, 0.25) is 20.0 Å². The summed E-state index contributed by atoms with van der Waals surface area (Å²) >= 11 is 3.25. The van der Waals surface area contributed by atoms with Crippen LogP contribution in [-0.2, 0) is 20.0 Å². The molecule has 1 aromatic heterocycles. The molecular weight excluding hydrogens is 410 g/mol. The molecule has 0 saturated carbocycles. The zero-order valence-corrected chi connectivity index (χ0v) is 15.2. The number of carbonyl (C=O) groups is 1. The van der Waals surface area contributed by atoms with Crippen LogP contribution in [0.25, 0.3) is 10.9 Å². The third-order valence-corrected chi connectivity index (χ3v) is 5.82. The Labute approximate surface area is 141 Å². The molecule has 1 aromatic carbocycles. The molecule has 0 fully saturated rings. The predicted octanol–water partition coefficient (Wildman–Crippen LogP) is 0.700. The third-order valence-electron chi connectivity index (χ3n) is 3.01. The second-order valence-electron chi connectivity index (χ2n) is 4.84. The molecular formula is C12H14BrN3O5S2. The van der Waals surface area contributed by atoms with Gasteiger partial charge < -0.3 is 4.98 Å². The summed E-state index contributed by atoms with van der Waals surface area (Å²) in [7, 11) is -7.90. The van der Waals surface area contributed by atoms with E-state index in [9.17, 15) is 21.6 Å². The maximum Gasteiger partial charge on any atom is 0.243 e. The Balaban J connectivity index is 2.53. The Morgan fingerprint density at radius 1 is 1.30 bits per heavy atom. The number of fused-ring (bicyclic) bond motifs is 1.